The van der Waals surface area contributed by atoms with Gasteiger partial charge in [0.25, 0.3) is 0 Å². The highest BCUT2D eigenvalue weighted by molar-refractivity contribution is 5.95. The molecule has 0 saturated carbocycles. The lowest BCUT2D eigenvalue weighted by molar-refractivity contribution is -0.143. The molecule has 0 aromatic heterocycles. The third-order valence-electron chi connectivity index (χ3n) is 1.12. The number of nitrogens with two attached hydrogens (primary N) is 1. The smallest absolute Gasteiger partial charge is 0.342 e. The van der Waals surface area contributed by atoms with Crippen LogP contribution in [0.25, 0.3) is 0 Å². The molecule has 0 spiro atoms. The van der Waals surface area contributed by atoms with Crippen LogP contribution < -0.4 is 11.1 Å². The summed E-state index contributed by atoms with van der Waals surface area (Å²) in [6, 6.07) is -1.69. The van der Waals surface area contributed by atoms with E-state index < -0.39 is 29.9 Å². The van der Waals surface area contributed by atoms with Crippen molar-refractivity contribution < 1.29 is 24.6 Å². The highest BCUT2D eigenvalue weighted by Gasteiger charge is 2.32. The molecule has 1 unspecified atom stereocenters. The van der Waals surface area contributed by atoms with Crippen molar-refractivity contribution in [3.05, 3.63) is 6.10 Å². The number of carbonyl (C=O) groups excluding carboxylic acids is 2. The second-order valence-electron chi connectivity index (χ2n) is 2.23. The second kappa shape index (κ2) is 4.41. The first-order chi connectivity index (χ1) is 5.86. The number of carboxylic acids is 1. The molecule has 1 radical (unpaired) electrons. The number of nitrogens with one attached hydrogen (secondary N) is 1. The Kier molecular flexibility index (Phi) is 3.86. The first kappa shape index (κ1) is 11.4. The first-order valence-corrected chi connectivity index (χ1v) is 3.21. The molecule has 0 aliphatic rings. The third kappa shape index (κ3) is 3.52. The summed E-state index contributed by atoms with van der Waals surface area (Å²) in [5.41, 5.74) is 4.73. The van der Waals surface area contributed by atoms with Gasteiger partial charge in [-0.3, -0.25) is 9.59 Å². The van der Waals surface area contributed by atoms with E-state index in [1.807, 2.05) is 5.32 Å². The van der Waals surface area contributed by atoms with E-state index in [9.17, 15) is 14.4 Å². The molecule has 7 heteroatoms. The van der Waals surface area contributed by atoms with Crippen molar-refractivity contribution in [3.8, 4) is 0 Å². The van der Waals surface area contributed by atoms with Crippen molar-refractivity contribution >= 4 is 17.8 Å². The molecule has 5 N–H and O–H groups in total. The molecule has 1 atom stereocenters. The molecule has 13 heavy (non-hydrogen) atoms. The molecular weight excluding hydrogens is 180 g/mol. The molecule has 0 aromatic rings. The topological polar surface area (TPSA) is 130 Å². The Balaban J connectivity index is 4.51. The van der Waals surface area contributed by atoms with E-state index in [0.717, 1.165) is 6.92 Å². The number of carbonyl (C=O) groups is 3. The SMILES string of the molecule is CC(=O)NC([C](O)C(=O)O)C(N)=O. The monoisotopic (exact) mass is 189 g/mol. The average Bonchev–Trinajstić information content (AvgIpc) is 1.97. The Morgan fingerprint density at radius 2 is 1.77 bits per heavy atom. The number of aliphatic hydroxyl groups is 1. The summed E-state index contributed by atoms with van der Waals surface area (Å²) in [4.78, 5) is 31.2. The average molecular weight is 189 g/mol. The van der Waals surface area contributed by atoms with Crippen LogP contribution in [0.15, 0.2) is 0 Å². The van der Waals surface area contributed by atoms with Gasteiger partial charge in [-0.15, -0.1) is 0 Å². The fraction of sp³-hybridized carbons (Fsp3) is 0.333. The number of hydrogen-bond donors (Lipinski definition) is 4. The van der Waals surface area contributed by atoms with Gasteiger partial charge in [0.2, 0.25) is 17.9 Å². The third-order valence-corrected chi connectivity index (χ3v) is 1.12. The van der Waals surface area contributed by atoms with Crippen molar-refractivity contribution in [1.29, 1.82) is 0 Å². The predicted molar refractivity (Wildman–Crippen MR) is 39.6 cm³/mol. The van der Waals surface area contributed by atoms with Crippen molar-refractivity contribution in [2.24, 2.45) is 5.73 Å². The van der Waals surface area contributed by atoms with Gasteiger partial charge >= 0.3 is 5.97 Å². The maximum absolute atomic E-state index is 10.5. The molecule has 0 aromatic carbocycles. The van der Waals surface area contributed by atoms with Crippen LogP contribution in [0.5, 0.6) is 0 Å². The van der Waals surface area contributed by atoms with Crippen LogP contribution in [0.3, 0.4) is 0 Å². The molecule has 73 valence electrons. The minimum Gasteiger partial charge on any atom is -0.479 e. The van der Waals surface area contributed by atoms with E-state index in [-0.39, 0.29) is 0 Å². The van der Waals surface area contributed by atoms with Gasteiger partial charge in [0.05, 0.1) is 0 Å². The first-order valence-electron chi connectivity index (χ1n) is 3.21. The van der Waals surface area contributed by atoms with Gasteiger partial charge in [0.15, 0.2) is 6.04 Å². The van der Waals surface area contributed by atoms with Gasteiger partial charge in [-0.2, -0.15) is 0 Å². The highest BCUT2D eigenvalue weighted by atomic mass is 16.4. The normalized spacial score (nSPS) is 12.2. The highest BCUT2D eigenvalue weighted by Crippen LogP contribution is 2.01. The van der Waals surface area contributed by atoms with Gasteiger partial charge in [-0.1, -0.05) is 0 Å². The maximum atomic E-state index is 10.5. The fourth-order valence-corrected chi connectivity index (χ4v) is 0.601. The van der Waals surface area contributed by atoms with Crippen molar-refractivity contribution in [3.63, 3.8) is 0 Å². The molecular formula is C6H9N2O5. The molecule has 0 rings (SSSR count). The Hall–Kier alpha value is -1.63. The number of rotatable bonds is 4. The Morgan fingerprint density at radius 1 is 1.31 bits per heavy atom. The summed E-state index contributed by atoms with van der Waals surface area (Å²) in [7, 11) is 0. The van der Waals surface area contributed by atoms with Gasteiger partial charge in [0, 0.05) is 6.92 Å². The molecule has 0 aliphatic carbocycles. The predicted octanol–water partition coefficient (Wildman–Crippen LogP) is -2.03. The van der Waals surface area contributed by atoms with Crippen molar-refractivity contribution in [2.75, 3.05) is 0 Å². The number of aliphatic carboxylic acids is 1. The zero-order valence-electron chi connectivity index (χ0n) is 6.77. The molecule has 0 saturated heterocycles. The molecule has 2 amide bonds. The fourth-order valence-electron chi connectivity index (χ4n) is 0.601. The van der Waals surface area contributed by atoms with E-state index in [0.29, 0.717) is 0 Å². The number of hydrogen-bond acceptors (Lipinski definition) is 4. The van der Waals surface area contributed by atoms with Crippen LogP contribution in [0.1, 0.15) is 6.92 Å². The summed E-state index contributed by atoms with van der Waals surface area (Å²) in [5, 5.41) is 19.0. The Morgan fingerprint density at radius 3 is 2.00 bits per heavy atom. The quantitative estimate of drug-likeness (QED) is 0.405. The number of carboxylic acid groups (broad SMARTS) is 1. The standard InChI is InChI=1S/C6H9N2O5/c1-2(9)8-3(5(7)11)4(10)6(12)13/h3,10H,1H3,(H2,7,11)(H,8,9)(H,12,13). The van der Waals surface area contributed by atoms with Crippen molar-refractivity contribution in [2.45, 2.75) is 13.0 Å². The molecule has 0 bridgehead atoms. The zero-order valence-corrected chi connectivity index (χ0v) is 6.77. The number of amides is 2. The molecule has 0 aliphatic heterocycles. The minimum atomic E-state index is -1.71. The molecule has 0 heterocycles. The van der Waals surface area contributed by atoms with E-state index in [2.05, 4.69) is 0 Å². The minimum absolute atomic E-state index is 0.670. The van der Waals surface area contributed by atoms with Crippen LogP contribution in [0.4, 0.5) is 0 Å². The number of aliphatic hydroxyl groups excluding tert-OH is 1. The summed E-state index contributed by atoms with van der Waals surface area (Å²) in [6.45, 7) is 1.06. The molecule has 0 fully saturated rings. The van der Waals surface area contributed by atoms with E-state index in [4.69, 9.17) is 15.9 Å². The van der Waals surface area contributed by atoms with Gasteiger partial charge in [-0.25, -0.2) is 4.79 Å². The van der Waals surface area contributed by atoms with Gasteiger partial charge in [0.1, 0.15) is 0 Å². The van der Waals surface area contributed by atoms with Gasteiger partial charge in [-0.05, 0) is 0 Å². The van der Waals surface area contributed by atoms with Crippen LogP contribution >= 0.6 is 0 Å². The Bertz CT molecular complexity index is 239. The molecule has 7 nitrogen and oxygen atoms in total. The summed E-state index contributed by atoms with van der Waals surface area (Å²) >= 11 is 0. The lowest BCUT2D eigenvalue weighted by Gasteiger charge is -2.15. The van der Waals surface area contributed by atoms with E-state index in [1.165, 1.54) is 0 Å². The Labute approximate surface area is 73.5 Å². The lowest BCUT2D eigenvalue weighted by atomic mass is 10.1. The van der Waals surface area contributed by atoms with Crippen LogP contribution in [0.2, 0.25) is 0 Å². The van der Waals surface area contributed by atoms with Crippen molar-refractivity contribution in [1.82, 2.24) is 5.32 Å². The van der Waals surface area contributed by atoms with Crippen LogP contribution in [0, 0.1) is 6.10 Å². The lowest BCUT2D eigenvalue weighted by Crippen LogP contribution is -2.49. The summed E-state index contributed by atoms with van der Waals surface area (Å²) in [6.07, 6.45) is -1.21. The largest absolute Gasteiger partial charge is 0.479 e. The summed E-state index contributed by atoms with van der Waals surface area (Å²) < 4.78 is 0. The zero-order chi connectivity index (χ0) is 10.6. The van der Waals surface area contributed by atoms with E-state index >= 15 is 0 Å². The number of primary amides is 1. The maximum Gasteiger partial charge on any atom is 0.342 e. The van der Waals surface area contributed by atoms with Crippen LogP contribution in [-0.4, -0.2) is 34.0 Å². The van der Waals surface area contributed by atoms with Crippen LogP contribution in [-0.2, 0) is 14.4 Å². The second-order valence-corrected chi connectivity index (χ2v) is 2.23. The van der Waals surface area contributed by atoms with E-state index in [1.54, 1.807) is 0 Å². The summed E-state index contributed by atoms with van der Waals surface area (Å²) in [5.74, 6) is -3.52. The van der Waals surface area contributed by atoms with Gasteiger partial charge < -0.3 is 21.3 Å².